The summed E-state index contributed by atoms with van der Waals surface area (Å²) in [6.07, 6.45) is -0.444. The lowest BCUT2D eigenvalue weighted by atomic mass is 10.1. The van der Waals surface area contributed by atoms with Gasteiger partial charge in [-0.2, -0.15) is 4.31 Å². The Morgan fingerprint density at radius 2 is 1.35 bits per heavy atom. The fourth-order valence-electron chi connectivity index (χ4n) is 6.00. The van der Waals surface area contributed by atoms with Crippen molar-refractivity contribution < 1.29 is 18.3 Å². The zero-order valence-electron chi connectivity index (χ0n) is 22.2. The van der Waals surface area contributed by atoms with Crippen LogP contribution in [-0.4, -0.2) is 58.5 Å². The van der Waals surface area contributed by atoms with Gasteiger partial charge in [-0.05, 0) is 25.1 Å². The Morgan fingerprint density at radius 3 is 1.86 bits per heavy atom. The first-order chi connectivity index (χ1) is 17.4. The van der Waals surface area contributed by atoms with E-state index in [0.29, 0.717) is 12.3 Å². The number of aliphatic hydroxyl groups excluding tert-OH is 1. The maximum absolute atomic E-state index is 14.2. The molecule has 1 fully saturated rings. The highest BCUT2D eigenvalue weighted by Gasteiger charge is 2.59. The van der Waals surface area contributed by atoms with Gasteiger partial charge in [0.05, 0.1) is 27.1 Å². The molecule has 1 N–H and O–H groups in total. The molecule has 196 valence electrons. The Hall–Kier alpha value is -2.37. The largest absolute Gasteiger partial charge is 0.391 e. The molecule has 37 heavy (non-hydrogen) atoms. The van der Waals surface area contributed by atoms with Gasteiger partial charge in [-0.15, -0.1) is 0 Å². The number of aldehydes is 1. The van der Waals surface area contributed by atoms with Gasteiger partial charge < -0.3 is 9.90 Å². The van der Waals surface area contributed by atoms with Crippen molar-refractivity contribution in [3.05, 3.63) is 90.5 Å². The van der Waals surface area contributed by atoms with E-state index in [2.05, 4.69) is 50.5 Å². The van der Waals surface area contributed by atoms with Crippen LogP contribution in [0.4, 0.5) is 0 Å². The number of sulfonamides is 1. The smallest absolute Gasteiger partial charge is 0.244 e. The Balaban J connectivity index is 1.89. The first-order valence-electron chi connectivity index (χ1n) is 12.8. The molecule has 1 aliphatic heterocycles. The standard InChI is InChI=1S/C29H37NO4SSi2/c1-22-16-18-23(19-17-22)35(33,34)30-26(20-31)28(32)29(37(4,5)25-14-10-7-11-15-25)27(30)21-36(2,3)24-12-8-6-9-13-24/h6-20,26-29,32H,21H2,1-5H3/t26-,27+,28+,29+/m0/s1. The maximum atomic E-state index is 14.2. The molecule has 0 aliphatic carbocycles. The van der Waals surface area contributed by atoms with Gasteiger partial charge in [-0.3, -0.25) is 0 Å². The number of carbonyl (C=O) groups excluding carboxylic acids is 1. The molecule has 0 radical (unpaired) electrons. The Labute approximate surface area is 223 Å². The highest BCUT2D eigenvalue weighted by molar-refractivity contribution is 7.89. The van der Waals surface area contributed by atoms with Crippen molar-refractivity contribution in [1.82, 2.24) is 4.31 Å². The van der Waals surface area contributed by atoms with E-state index in [1.807, 2.05) is 43.3 Å². The van der Waals surface area contributed by atoms with Crippen LogP contribution >= 0.6 is 0 Å². The second-order valence-corrected chi connectivity index (χ2v) is 22.7. The van der Waals surface area contributed by atoms with E-state index >= 15 is 0 Å². The Morgan fingerprint density at radius 1 is 0.838 bits per heavy atom. The average molecular weight is 552 g/mol. The van der Waals surface area contributed by atoms with E-state index in [4.69, 9.17) is 0 Å². The summed E-state index contributed by atoms with van der Waals surface area (Å²) in [5.41, 5.74) is 0.609. The lowest BCUT2D eigenvalue weighted by molar-refractivity contribution is -0.112. The van der Waals surface area contributed by atoms with Gasteiger partial charge in [0.25, 0.3) is 0 Å². The van der Waals surface area contributed by atoms with Gasteiger partial charge in [0.1, 0.15) is 12.3 Å². The minimum absolute atomic E-state index is 0.154. The van der Waals surface area contributed by atoms with Crippen LogP contribution in [0.3, 0.4) is 0 Å². The minimum Gasteiger partial charge on any atom is -0.391 e. The molecule has 1 heterocycles. The molecule has 0 bridgehead atoms. The lowest BCUT2D eigenvalue weighted by Crippen LogP contribution is -2.56. The summed E-state index contributed by atoms with van der Waals surface area (Å²) in [6.45, 7) is 10.8. The normalized spacial score (nSPS) is 23.2. The fraction of sp³-hybridized carbons (Fsp3) is 0.345. The summed E-state index contributed by atoms with van der Waals surface area (Å²) in [6, 6.07) is 26.0. The molecule has 1 saturated heterocycles. The van der Waals surface area contributed by atoms with Crippen LogP contribution in [0.15, 0.2) is 89.8 Å². The molecule has 5 nitrogen and oxygen atoms in total. The fourth-order valence-corrected chi connectivity index (χ4v) is 14.8. The Bertz CT molecular complexity index is 1330. The first kappa shape index (κ1) is 27.7. The summed E-state index contributed by atoms with van der Waals surface area (Å²) in [4.78, 5) is 12.7. The number of aliphatic hydroxyl groups is 1. The number of nitrogens with zero attached hydrogens (tertiary/aromatic N) is 1. The SMILES string of the molecule is Cc1ccc(S(=O)(=O)N2[C@H](C[Si](C)(C)c3ccccc3)[C@@H]([Si](C)(C)c3ccccc3)[C@H](O)[C@@H]2C=O)cc1. The molecule has 0 spiro atoms. The molecule has 4 rings (SSSR count). The zero-order chi connectivity index (χ0) is 27.0. The Kier molecular flexibility index (Phi) is 7.79. The molecule has 4 atom stereocenters. The summed E-state index contributed by atoms with van der Waals surface area (Å²) < 4.78 is 29.7. The minimum atomic E-state index is -4.04. The predicted octanol–water partition coefficient (Wildman–Crippen LogP) is 3.90. The number of benzene rings is 3. The number of aryl methyl sites for hydroxylation is 1. The van der Waals surface area contributed by atoms with Gasteiger partial charge in [-0.25, -0.2) is 8.42 Å². The second kappa shape index (κ2) is 10.4. The van der Waals surface area contributed by atoms with Crippen LogP contribution in [0.25, 0.3) is 0 Å². The van der Waals surface area contributed by atoms with Crippen LogP contribution in [-0.2, 0) is 14.8 Å². The number of hydrogen-bond donors (Lipinski definition) is 1. The first-order valence-corrected chi connectivity index (χ1v) is 20.5. The zero-order valence-corrected chi connectivity index (χ0v) is 25.0. The van der Waals surface area contributed by atoms with Gasteiger partial charge in [0, 0.05) is 11.6 Å². The topological polar surface area (TPSA) is 74.7 Å². The summed E-state index contributed by atoms with van der Waals surface area (Å²) >= 11 is 0. The van der Waals surface area contributed by atoms with Crippen LogP contribution in [0.1, 0.15) is 5.56 Å². The molecule has 3 aromatic carbocycles. The monoisotopic (exact) mass is 551 g/mol. The molecular formula is C29H37NO4SSi2. The third-order valence-electron chi connectivity index (χ3n) is 8.11. The van der Waals surface area contributed by atoms with E-state index in [-0.39, 0.29) is 10.4 Å². The van der Waals surface area contributed by atoms with Crippen molar-refractivity contribution in [2.24, 2.45) is 0 Å². The van der Waals surface area contributed by atoms with Gasteiger partial charge >= 0.3 is 0 Å². The maximum Gasteiger partial charge on any atom is 0.244 e. The third kappa shape index (κ3) is 5.18. The number of rotatable bonds is 8. The van der Waals surface area contributed by atoms with E-state index in [0.717, 1.165) is 10.8 Å². The molecule has 1 aliphatic rings. The lowest BCUT2D eigenvalue weighted by Gasteiger charge is -2.40. The third-order valence-corrected chi connectivity index (χ3v) is 17.6. The molecule has 3 aromatic rings. The highest BCUT2D eigenvalue weighted by Crippen LogP contribution is 2.46. The van der Waals surface area contributed by atoms with Crippen molar-refractivity contribution in [1.29, 1.82) is 0 Å². The molecule has 0 saturated carbocycles. The van der Waals surface area contributed by atoms with Crippen LogP contribution in [0.2, 0.25) is 37.8 Å². The van der Waals surface area contributed by atoms with Crippen molar-refractivity contribution in [3.8, 4) is 0 Å². The number of carbonyl (C=O) groups is 1. The predicted molar refractivity (Wildman–Crippen MR) is 156 cm³/mol. The van der Waals surface area contributed by atoms with Gasteiger partial charge in [-0.1, -0.05) is 115 Å². The summed E-state index contributed by atoms with van der Waals surface area (Å²) in [5, 5.41) is 14.1. The van der Waals surface area contributed by atoms with E-state index in [9.17, 15) is 18.3 Å². The second-order valence-electron chi connectivity index (χ2n) is 11.4. The van der Waals surface area contributed by atoms with Crippen molar-refractivity contribution >= 4 is 42.8 Å². The van der Waals surface area contributed by atoms with Crippen LogP contribution in [0.5, 0.6) is 0 Å². The van der Waals surface area contributed by atoms with Gasteiger partial charge in [0.2, 0.25) is 10.0 Å². The van der Waals surface area contributed by atoms with Crippen molar-refractivity contribution in [2.45, 2.75) is 67.8 Å². The number of hydrogen-bond acceptors (Lipinski definition) is 4. The molecular weight excluding hydrogens is 515 g/mol. The summed E-state index contributed by atoms with van der Waals surface area (Å²) in [5.74, 6) is 0. The molecule has 8 heteroatoms. The van der Waals surface area contributed by atoms with Gasteiger partial charge in [0.15, 0.2) is 0 Å². The van der Waals surface area contributed by atoms with Crippen LogP contribution in [0, 0.1) is 6.92 Å². The quantitative estimate of drug-likeness (QED) is 0.340. The highest BCUT2D eigenvalue weighted by atomic mass is 32.2. The average Bonchev–Trinajstić information content (AvgIpc) is 3.16. The summed E-state index contributed by atoms with van der Waals surface area (Å²) in [7, 11) is -8.68. The molecule has 0 aromatic heterocycles. The van der Waals surface area contributed by atoms with E-state index < -0.39 is 44.4 Å². The van der Waals surface area contributed by atoms with Crippen LogP contribution < -0.4 is 10.4 Å². The van der Waals surface area contributed by atoms with Crippen molar-refractivity contribution in [2.75, 3.05) is 0 Å². The van der Waals surface area contributed by atoms with E-state index in [1.165, 1.54) is 9.49 Å². The molecule has 0 amide bonds. The molecule has 0 unspecified atom stereocenters. The van der Waals surface area contributed by atoms with Crippen molar-refractivity contribution in [3.63, 3.8) is 0 Å². The van der Waals surface area contributed by atoms with E-state index in [1.54, 1.807) is 24.3 Å².